The molecular weight excluding hydrogens is 610 g/mol. The minimum Gasteiger partial charge on any atom is -0.478 e. The van der Waals surface area contributed by atoms with Crippen molar-refractivity contribution in [3.05, 3.63) is 72.4 Å². The van der Waals surface area contributed by atoms with Gasteiger partial charge in [0.2, 0.25) is 0 Å². The fourth-order valence-electron chi connectivity index (χ4n) is 3.64. The van der Waals surface area contributed by atoms with Crippen molar-refractivity contribution in [2.45, 2.75) is 18.9 Å². The molecule has 1 saturated heterocycles. The van der Waals surface area contributed by atoms with E-state index in [4.69, 9.17) is 35.7 Å². The predicted octanol–water partition coefficient (Wildman–Crippen LogP) is 0.815. The van der Waals surface area contributed by atoms with Gasteiger partial charge in [0.15, 0.2) is 0 Å². The Bertz CT molecular complexity index is 1030. The fraction of sp³-hybridized carbons (Fsp3) is 0.400. The third-order valence-electron chi connectivity index (χ3n) is 5.62. The van der Waals surface area contributed by atoms with Gasteiger partial charge in [-0.1, -0.05) is 30.3 Å². The molecule has 1 aromatic rings. The number of hydrogen-bond acceptors (Lipinski definition) is 10. The summed E-state index contributed by atoms with van der Waals surface area (Å²) < 4.78 is 0. The van der Waals surface area contributed by atoms with Gasteiger partial charge in [0, 0.05) is 81.8 Å². The van der Waals surface area contributed by atoms with E-state index in [0.717, 1.165) is 45.7 Å². The summed E-state index contributed by atoms with van der Waals surface area (Å²) in [7, 11) is 4.30. The smallest absolute Gasteiger partial charge is 0.328 e. The Morgan fingerprint density at radius 3 is 1.35 bits per heavy atom. The number of hydrogen-bond donors (Lipinski definition) is 7. The van der Waals surface area contributed by atoms with E-state index in [1.807, 2.05) is 0 Å². The van der Waals surface area contributed by atoms with Crippen LogP contribution in [0.15, 0.2) is 66.8 Å². The highest BCUT2D eigenvalue weighted by Crippen LogP contribution is 2.25. The molecule has 2 rings (SSSR count). The topological polar surface area (TPSA) is 254 Å². The molecule has 46 heavy (non-hydrogen) atoms. The molecule has 0 aliphatic carbocycles. The molecule has 1 aliphatic heterocycles. The molecule has 1 aliphatic rings. The van der Waals surface area contributed by atoms with Gasteiger partial charge in [-0.25, -0.2) is 28.8 Å². The Balaban J connectivity index is 0. The first-order chi connectivity index (χ1) is 21.6. The average molecular weight is 654 g/mol. The molecule has 1 aromatic carbocycles. The Kier molecular flexibility index (Phi) is 24.9. The molecule has 0 spiro atoms. The van der Waals surface area contributed by atoms with E-state index in [1.165, 1.54) is 12.0 Å². The minimum atomic E-state index is -1.26. The van der Waals surface area contributed by atoms with E-state index >= 15 is 0 Å². The van der Waals surface area contributed by atoms with Gasteiger partial charge in [-0.05, 0) is 39.0 Å². The quantitative estimate of drug-likeness (QED) is 0.137. The molecule has 0 radical (unpaired) electrons. The Hall–Kier alpha value is -4.90. The van der Waals surface area contributed by atoms with Crippen LogP contribution < -0.4 is 0 Å². The fourth-order valence-corrected chi connectivity index (χ4v) is 3.64. The zero-order valence-electron chi connectivity index (χ0n) is 25.7. The van der Waals surface area contributed by atoms with Gasteiger partial charge in [0.25, 0.3) is 0 Å². The zero-order valence-corrected chi connectivity index (χ0v) is 25.7. The maximum absolute atomic E-state index is 9.55. The normalized spacial score (nSPS) is 13.9. The second-order valence-electron chi connectivity index (χ2n) is 9.50. The Labute approximate surface area is 266 Å². The van der Waals surface area contributed by atoms with Gasteiger partial charge in [-0.3, -0.25) is 4.90 Å². The van der Waals surface area contributed by atoms with Crippen molar-refractivity contribution in [1.29, 1.82) is 0 Å². The summed E-state index contributed by atoms with van der Waals surface area (Å²) >= 11 is 0. The van der Waals surface area contributed by atoms with E-state index < -0.39 is 35.8 Å². The number of carboxylic acid groups (broad SMARTS) is 6. The molecule has 0 saturated carbocycles. The highest BCUT2D eigenvalue weighted by Gasteiger charge is 2.24. The van der Waals surface area contributed by atoms with Gasteiger partial charge >= 0.3 is 35.8 Å². The van der Waals surface area contributed by atoms with Gasteiger partial charge in [-0.15, -0.1) is 0 Å². The predicted molar refractivity (Wildman–Crippen MR) is 165 cm³/mol. The summed E-state index contributed by atoms with van der Waals surface area (Å²) in [6.45, 7) is 6.92. The van der Waals surface area contributed by atoms with Crippen molar-refractivity contribution in [3.8, 4) is 0 Å². The molecular formula is C30H43N3O13. The molecule has 0 amide bonds. The third-order valence-corrected chi connectivity index (χ3v) is 5.62. The molecule has 0 bridgehead atoms. The summed E-state index contributed by atoms with van der Waals surface area (Å²) in [5, 5.41) is 55.8. The number of aliphatic carboxylic acids is 6. The first-order valence-corrected chi connectivity index (χ1v) is 13.8. The van der Waals surface area contributed by atoms with Crippen molar-refractivity contribution >= 4 is 35.8 Å². The highest BCUT2D eigenvalue weighted by atomic mass is 16.4. The molecule has 16 nitrogen and oxygen atoms in total. The summed E-state index contributed by atoms with van der Waals surface area (Å²) in [5.74, 6) is -7.54. The van der Waals surface area contributed by atoms with Crippen molar-refractivity contribution in [3.63, 3.8) is 0 Å². The van der Waals surface area contributed by atoms with Crippen LogP contribution in [0, 0.1) is 0 Å². The summed E-state index contributed by atoms with van der Waals surface area (Å²) in [5.41, 5.74) is 1.44. The molecule has 1 fully saturated rings. The monoisotopic (exact) mass is 653 g/mol. The first-order valence-electron chi connectivity index (χ1n) is 13.8. The average Bonchev–Trinajstić information content (AvgIpc) is 2.99. The second-order valence-corrected chi connectivity index (χ2v) is 9.50. The van der Waals surface area contributed by atoms with Crippen molar-refractivity contribution < 1.29 is 64.5 Å². The molecule has 16 heteroatoms. The highest BCUT2D eigenvalue weighted by molar-refractivity contribution is 5.90. The molecule has 0 aromatic heterocycles. The molecule has 1 unspecified atom stereocenters. The summed E-state index contributed by atoms with van der Waals surface area (Å²) in [4.78, 5) is 64.7. The zero-order chi connectivity index (χ0) is 35.5. The van der Waals surface area contributed by atoms with Crippen LogP contribution >= 0.6 is 0 Å². The maximum atomic E-state index is 9.55. The van der Waals surface area contributed by atoms with Gasteiger partial charge in [-0.2, -0.15) is 0 Å². The maximum Gasteiger partial charge on any atom is 0.328 e. The minimum absolute atomic E-state index is 0.301. The lowest BCUT2D eigenvalue weighted by atomic mass is 10.0. The van der Waals surface area contributed by atoms with Crippen LogP contribution in [0.2, 0.25) is 0 Å². The Morgan fingerprint density at radius 2 is 1.04 bits per heavy atom. The molecule has 256 valence electrons. The van der Waals surface area contributed by atoms with Gasteiger partial charge in [0.05, 0.1) is 0 Å². The lowest BCUT2D eigenvalue weighted by Gasteiger charge is -2.40. The number of piperazine rings is 1. The van der Waals surface area contributed by atoms with E-state index in [9.17, 15) is 28.8 Å². The number of carbonyl (C=O) groups is 6. The first kappa shape index (κ1) is 43.2. The lowest BCUT2D eigenvalue weighted by Crippen LogP contribution is -2.48. The van der Waals surface area contributed by atoms with Gasteiger partial charge in [0.1, 0.15) is 0 Å². The number of carboxylic acids is 6. The van der Waals surface area contributed by atoms with E-state index in [2.05, 4.69) is 59.1 Å². The second kappa shape index (κ2) is 26.5. The Morgan fingerprint density at radius 1 is 0.674 bits per heavy atom. The molecule has 1 atom stereocenters. The van der Waals surface area contributed by atoms with E-state index in [1.54, 1.807) is 0 Å². The molecule has 7 N–H and O–H groups in total. The van der Waals surface area contributed by atoms with Gasteiger partial charge < -0.3 is 45.5 Å². The van der Waals surface area contributed by atoms with Crippen molar-refractivity contribution in [2.75, 3.05) is 60.0 Å². The number of benzene rings is 1. The summed E-state index contributed by atoms with van der Waals surface area (Å²) in [6, 6.07) is 11.4. The van der Waals surface area contributed by atoms with Crippen molar-refractivity contribution in [2.24, 2.45) is 0 Å². The standard InChI is InChI=1S/C18H31N3O.3C4H4O4/c1-19(2)11-9-18(17-7-4-3-5-8-17)21-14-12-20(13-15-21)10-6-16-22;3*5-3(6)1-2-4(7)8/h3-5,7-8,18,22H,6,9-16H2,1-2H3;3*1-2H,(H,5,6)(H,7,8)/b;3*2-1+. The van der Waals surface area contributed by atoms with Crippen LogP contribution in [0.25, 0.3) is 0 Å². The number of aliphatic hydroxyl groups excluding tert-OH is 1. The van der Waals surface area contributed by atoms with E-state index in [-0.39, 0.29) is 0 Å². The van der Waals surface area contributed by atoms with Crippen molar-refractivity contribution in [1.82, 2.24) is 14.7 Å². The van der Waals surface area contributed by atoms with Crippen LogP contribution in [-0.4, -0.2) is 146 Å². The van der Waals surface area contributed by atoms with Crippen LogP contribution in [-0.2, 0) is 28.8 Å². The van der Waals surface area contributed by atoms with E-state index in [0.29, 0.717) is 49.1 Å². The van der Waals surface area contributed by atoms with Crippen LogP contribution in [0.5, 0.6) is 0 Å². The molecule has 1 heterocycles. The third kappa shape index (κ3) is 27.9. The van der Waals surface area contributed by atoms with Crippen LogP contribution in [0.3, 0.4) is 0 Å². The SMILES string of the molecule is CN(C)CCC(c1ccccc1)N1CCN(CCCO)CC1.O=C(O)/C=C/C(=O)O.O=C(O)/C=C/C(=O)O.O=C(O)/C=C/C(=O)O. The lowest BCUT2D eigenvalue weighted by molar-refractivity contribution is -0.134. The largest absolute Gasteiger partial charge is 0.478 e. The number of nitrogens with zero attached hydrogens (tertiary/aromatic N) is 3. The number of aliphatic hydroxyl groups is 1. The summed E-state index contributed by atoms with van der Waals surface area (Å²) in [6.07, 6.45) is 5.41. The van der Waals surface area contributed by atoms with Crippen LogP contribution in [0.1, 0.15) is 24.4 Å². The van der Waals surface area contributed by atoms with Crippen LogP contribution in [0.4, 0.5) is 0 Å². The number of rotatable bonds is 14.